The molecule has 0 unspecified atom stereocenters. The fourth-order valence-corrected chi connectivity index (χ4v) is 0. The number of rotatable bonds is 0. The van der Waals surface area contributed by atoms with Crippen molar-refractivity contribution >= 4 is 60.5 Å². The second-order valence-corrected chi connectivity index (χ2v) is 1.38. The SMILES string of the molecule is O=S(O)O.O=S(O)O.[CaH2]. The third-order valence-corrected chi connectivity index (χ3v) is 0. The topological polar surface area (TPSA) is 115 Å². The predicted octanol–water partition coefficient (Wildman–Crippen LogP) is -1.55. The second-order valence-electron chi connectivity index (χ2n) is 0.461. The van der Waals surface area contributed by atoms with E-state index < -0.39 is 22.7 Å². The molecule has 0 rings (SSSR count). The molecule has 4 N–H and O–H groups in total. The Hall–Kier alpha value is 1.40. The first kappa shape index (κ1) is 16.8. The van der Waals surface area contributed by atoms with Crippen LogP contribution in [0.2, 0.25) is 0 Å². The molecule has 0 atom stereocenters. The number of hydrogen-bond donors (Lipinski definition) is 4. The van der Waals surface area contributed by atoms with E-state index in [9.17, 15) is 0 Å². The second kappa shape index (κ2) is 12.1. The molecule has 6 nitrogen and oxygen atoms in total. The predicted molar refractivity (Wildman–Crippen MR) is 35.3 cm³/mol. The Morgan fingerprint density at radius 3 is 0.778 bits per heavy atom. The van der Waals surface area contributed by atoms with Crippen LogP contribution in [0.15, 0.2) is 0 Å². The van der Waals surface area contributed by atoms with E-state index in [-0.39, 0.29) is 37.7 Å². The van der Waals surface area contributed by atoms with Crippen LogP contribution in [-0.2, 0) is 22.7 Å². The van der Waals surface area contributed by atoms with Gasteiger partial charge in [-0.05, 0) is 0 Å². The zero-order valence-electron chi connectivity index (χ0n) is 3.42. The van der Waals surface area contributed by atoms with E-state index >= 15 is 0 Å². The average Bonchev–Trinajstić information content (AvgIpc) is 1.25. The van der Waals surface area contributed by atoms with Gasteiger partial charge in [-0.25, -0.2) is 0 Å². The van der Waals surface area contributed by atoms with Gasteiger partial charge in [0.25, 0.3) is 22.7 Å². The van der Waals surface area contributed by atoms with Crippen LogP contribution in [0.3, 0.4) is 0 Å². The van der Waals surface area contributed by atoms with Crippen molar-refractivity contribution in [2.24, 2.45) is 0 Å². The van der Waals surface area contributed by atoms with Crippen LogP contribution < -0.4 is 0 Å². The van der Waals surface area contributed by atoms with E-state index in [1.165, 1.54) is 0 Å². The molecule has 0 saturated carbocycles. The molecule has 9 heteroatoms. The Kier molecular flexibility index (Phi) is 22.6. The summed E-state index contributed by atoms with van der Waals surface area (Å²) in [7, 11) is 0. The molecule has 0 aliphatic carbocycles. The van der Waals surface area contributed by atoms with Gasteiger partial charge < -0.3 is 0 Å². The summed E-state index contributed by atoms with van der Waals surface area (Å²) in [5.74, 6) is 0. The quantitative estimate of drug-likeness (QED) is 0.281. The summed E-state index contributed by atoms with van der Waals surface area (Å²) in [4.78, 5) is 0. The van der Waals surface area contributed by atoms with Crippen molar-refractivity contribution in [2.75, 3.05) is 0 Å². The van der Waals surface area contributed by atoms with E-state index in [2.05, 4.69) is 0 Å². The third-order valence-electron chi connectivity index (χ3n) is 0. The van der Waals surface area contributed by atoms with Crippen molar-refractivity contribution in [2.45, 2.75) is 0 Å². The summed E-state index contributed by atoms with van der Waals surface area (Å²) in [6.07, 6.45) is 0. The molecule has 0 aromatic heterocycles. The maximum absolute atomic E-state index is 8.67. The average molecular weight is 206 g/mol. The zero-order chi connectivity index (χ0) is 7.15. The van der Waals surface area contributed by atoms with E-state index in [4.69, 9.17) is 26.6 Å². The molecule has 0 amide bonds. The van der Waals surface area contributed by atoms with Gasteiger partial charge in [-0.2, -0.15) is 8.42 Å². The molecule has 0 saturated heterocycles. The minimum atomic E-state index is -2.61. The van der Waals surface area contributed by atoms with Crippen LogP contribution in [0.4, 0.5) is 0 Å². The summed E-state index contributed by atoms with van der Waals surface area (Å²) in [6, 6.07) is 0. The third kappa shape index (κ3) is 263. The Labute approximate surface area is 86.3 Å². The molecule has 9 heavy (non-hydrogen) atoms. The molecular weight excluding hydrogens is 200 g/mol. The standard InChI is InChI=1S/Ca.2H2O3S.2H/c;2*1-4(2)3;;/h;2*(H2,1,2,3);;. The molecule has 0 aliphatic heterocycles. The van der Waals surface area contributed by atoms with E-state index in [1.54, 1.807) is 0 Å². The van der Waals surface area contributed by atoms with Gasteiger partial charge in [0.1, 0.15) is 0 Å². The summed E-state index contributed by atoms with van der Waals surface area (Å²) in [5, 5.41) is 0. The van der Waals surface area contributed by atoms with Crippen molar-refractivity contribution in [3.8, 4) is 0 Å². The van der Waals surface area contributed by atoms with Crippen molar-refractivity contribution in [1.29, 1.82) is 0 Å². The van der Waals surface area contributed by atoms with Gasteiger partial charge in [0, 0.05) is 0 Å². The Bertz CT molecular complexity index is 69.1. The Morgan fingerprint density at radius 2 is 0.778 bits per heavy atom. The van der Waals surface area contributed by atoms with Crippen LogP contribution >= 0.6 is 0 Å². The van der Waals surface area contributed by atoms with Crippen LogP contribution in [0, 0.1) is 0 Å². The molecule has 0 fully saturated rings. The van der Waals surface area contributed by atoms with Crippen molar-refractivity contribution in [3.63, 3.8) is 0 Å². The Balaban J connectivity index is -0.0000000720. The van der Waals surface area contributed by atoms with Crippen LogP contribution in [-0.4, -0.2) is 64.4 Å². The summed E-state index contributed by atoms with van der Waals surface area (Å²) in [5.41, 5.74) is 0. The van der Waals surface area contributed by atoms with Gasteiger partial charge in [0.05, 0.1) is 0 Å². The fraction of sp³-hybridized carbons (Fsp3) is 0. The van der Waals surface area contributed by atoms with Crippen molar-refractivity contribution in [3.05, 3.63) is 0 Å². The van der Waals surface area contributed by atoms with E-state index in [0.29, 0.717) is 0 Å². The summed E-state index contributed by atoms with van der Waals surface area (Å²) >= 11 is -5.22. The van der Waals surface area contributed by atoms with E-state index in [1.807, 2.05) is 0 Å². The summed E-state index contributed by atoms with van der Waals surface area (Å²) < 4.78 is 45.7. The normalized spacial score (nSPS) is 7.78. The molecule has 0 radical (unpaired) electrons. The van der Waals surface area contributed by atoms with Crippen LogP contribution in [0.5, 0.6) is 0 Å². The van der Waals surface area contributed by atoms with Crippen LogP contribution in [0.25, 0.3) is 0 Å². The van der Waals surface area contributed by atoms with Gasteiger partial charge in [-0.15, -0.1) is 0 Å². The van der Waals surface area contributed by atoms with Gasteiger partial charge in [0.15, 0.2) is 0 Å². The maximum atomic E-state index is 8.67. The number of hydrogen-bond acceptors (Lipinski definition) is 2. The monoisotopic (exact) mass is 206 g/mol. The van der Waals surface area contributed by atoms with Gasteiger partial charge in [-0.3, -0.25) is 18.2 Å². The molecule has 0 aromatic rings. The molecule has 0 aliphatic rings. The van der Waals surface area contributed by atoms with E-state index in [0.717, 1.165) is 0 Å². The summed E-state index contributed by atoms with van der Waals surface area (Å²) in [6.45, 7) is 0. The van der Waals surface area contributed by atoms with Crippen molar-refractivity contribution < 1.29 is 26.6 Å². The molecule has 0 spiro atoms. The molecule has 0 heterocycles. The molecule has 56 valence electrons. The van der Waals surface area contributed by atoms with Crippen molar-refractivity contribution in [1.82, 2.24) is 0 Å². The minimum absolute atomic E-state index is 0. The first-order chi connectivity index (χ1) is 3.46. The van der Waals surface area contributed by atoms with Gasteiger partial charge in [0.2, 0.25) is 0 Å². The molecule has 0 aromatic carbocycles. The first-order valence-electron chi connectivity index (χ1n) is 1.06. The van der Waals surface area contributed by atoms with Gasteiger partial charge >= 0.3 is 37.7 Å². The molecule has 0 bridgehead atoms. The molecular formula is H6CaO6S2. The van der Waals surface area contributed by atoms with Crippen LogP contribution in [0.1, 0.15) is 0 Å². The zero-order valence-corrected chi connectivity index (χ0v) is 5.05. The van der Waals surface area contributed by atoms with Gasteiger partial charge in [-0.1, -0.05) is 0 Å². The first-order valence-corrected chi connectivity index (χ1v) is 3.19. The fourth-order valence-electron chi connectivity index (χ4n) is 0. The Morgan fingerprint density at radius 1 is 0.778 bits per heavy atom.